The maximum Gasteiger partial charge on any atom is 0.192 e. The Morgan fingerprint density at radius 3 is 2.18 bits per heavy atom. The minimum Gasteiger partial charge on any atom is -0.408 e. The number of hydrogen-bond acceptors (Lipinski definition) is 6. The lowest BCUT2D eigenvalue weighted by Crippen LogP contribution is -2.63. The van der Waals surface area contributed by atoms with Crippen LogP contribution in [-0.2, 0) is 34.7 Å². The van der Waals surface area contributed by atoms with E-state index in [1.807, 2.05) is 18.2 Å². The molecule has 0 aromatic heterocycles. The number of allylic oxidation sites excluding steroid dienone is 1. The number of rotatable bonds is 16. The largest absolute Gasteiger partial charge is 0.408 e. The monoisotopic (exact) mass is 494 g/mol. The third-order valence-electron chi connectivity index (χ3n) is 6.86. The quantitative estimate of drug-likeness (QED) is 0.166. The second-order valence-corrected chi connectivity index (χ2v) is 13.6. The van der Waals surface area contributed by atoms with Crippen LogP contribution in [0.2, 0.25) is 18.1 Å². The predicted octanol–water partition coefficient (Wildman–Crippen LogP) is 5.72. The van der Waals surface area contributed by atoms with E-state index in [1.54, 1.807) is 14.2 Å². The molecule has 0 amide bonds. The molecule has 1 aliphatic rings. The summed E-state index contributed by atoms with van der Waals surface area (Å²) in [7, 11) is 1.43. The molecule has 6 nitrogen and oxygen atoms in total. The normalized spacial score (nSPS) is 25.8. The van der Waals surface area contributed by atoms with Crippen LogP contribution in [0, 0.1) is 0 Å². The zero-order valence-electron chi connectivity index (χ0n) is 22.0. The molecule has 0 radical (unpaired) electrons. The Labute approximate surface area is 208 Å². The van der Waals surface area contributed by atoms with E-state index in [9.17, 15) is 0 Å². The molecule has 1 aromatic carbocycles. The molecule has 1 fully saturated rings. The highest BCUT2D eigenvalue weighted by atomic mass is 28.4. The summed E-state index contributed by atoms with van der Waals surface area (Å²) in [5, 5.41) is 0. The van der Waals surface area contributed by atoms with E-state index in [-0.39, 0.29) is 37.3 Å². The van der Waals surface area contributed by atoms with Gasteiger partial charge in [0.05, 0.1) is 19.3 Å². The molecule has 5 atom stereocenters. The third kappa shape index (κ3) is 8.26. The SMILES string of the molecule is CC/C=C\C[C@H]1O[C@H](COCc2ccccc2)[C@@H](OC)[C@H](O[Si](CC)(CC)CC)[C@@H]1OCOC. The summed E-state index contributed by atoms with van der Waals surface area (Å²) in [6, 6.07) is 13.4. The van der Waals surface area contributed by atoms with Gasteiger partial charge in [-0.1, -0.05) is 70.2 Å². The van der Waals surface area contributed by atoms with E-state index in [2.05, 4.69) is 52.0 Å². The van der Waals surface area contributed by atoms with Gasteiger partial charge in [-0.3, -0.25) is 0 Å². The fraction of sp³-hybridized carbons (Fsp3) is 0.704. The number of benzene rings is 1. The van der Waals surface area contributed by atoms with Gasteiger partial charge in [-0.2, -0.15) is 0 Å². The molecule has 0 bridgehead atoms. The van der Waals surface area contributed by atoms with Crippen LogP contribution in [0.15, 0.2) is 42.5 Å². The average molecular weight is 495 g/mol. The Hall–Kier alpha value is -1.06. The van der Waals surface area contributed by atoms with Crippen LogP contribution in [-0.4, -0.2) is 66.5 Å². The van der Waals surface area contributed by atoms with Crippen LogP contribution >= 0.6 is 0 Å². The van der Waals surface area contributed by atoms with Crippen molar-refractivity contribution >= 4 is 8.32 Å². The Morgan fingerprint density at radius 1 is 0.882 bits per heavy atom. The minimum atomic E-state index is -1.94. The first-order valence-corrected chi connectivity index (χ1v) is 15.3. The molecule has 0 aliphatic carbocycles. The van der Waals surface area contributed by atoms with E-state index in [0.29, 0.717) is 13.2 Å². The molecular formula is C27H46O6Si. The van der Waals surface area contributed by atoms with Crippen molar-refractivity contribution in [2.24, 2.45) is 0 Å². The van der Waals surface area contributed by atoms with Gasteiger partial charge >= 0.3 is 0 Å². The number of methoxy groups -OCH3 is 2. The van der Waals surface area contributed by atoms with Crippen LogP contribution in [0.25, 0.3) is 0 Å². The fourth-order valence-electron chi connectivity index (χ4n) is 4.63. The van der Waals surface area contributed by atoms with E-state index >= 15 is 0 Å². The first kappa shape index (κ1) is 29.2. The summed E-state index contributed by atoms with van der Waals surface area (Å²) in [5.41, 5.74) is 1.14. The lowest BCUT2D eigenvalue weighted by atomic mass is 9.93. The smallest absolute Gasteiger partial charge is 0.192 e. The molecule has 0 unspecified atom stereocenters. The highest BCUT2D eigenvalue weighted by Gasteiger charge is 2.50. The third-order valence-corrected chi connectivity index (χ3v) is 11.5. The van der Waals surface area contributed by atoms with Gasteiger partial charge in [0.1, 0.15) is 31.2 Å². The summed E-state index contributed by atoms with van der Waals surface area (Å²) in [6.07, 6.45) is 4.82. The van der Waals surface area contributed by atoms with Crippen molar-refractivity contribution in [3.63, 3.8) is 0 Å². The van der Waals surface area contributed by atoms with E-state index in [4.69, 9.17) is 28.1 Å². The standard InChI is InChI=1S/C27H46O6Si/c1-7-11-13-18-23-26(31-21-28-5)27(33-34(8-2,9-3)10-4)25(29-6)24(32-23)20-30-19-22-16-14-12-15-17-22/h11-17,23-27H,7-10,18-21H2,1-6H3/b13-11-/t23-,24-,25-,26-,27+/m1/s1. The summed E-state index contributed by atoms with van der Waals surface area (Å²) < 4.78 is 37.3. The van der Waals surface area contributed by atoms with Crippen LogP contribution in [0.4, 0.5) is 0 Å². The van der Waals surface area contributed by atoms with E-state index in [1.165, 1.54) is 0 Å². The second-order valence-electron chi connectivity index (χ2n) is 8.89. The Morgan fingerprint density at radius 2 is 1.59 bits per heavy atom. The Kier molecular flexibility index (Phi) is 13.6. The molecular weight excluding hydrogens is 448 g/mol. The topological polar surface area (TPSA) is 55.4 Å². The second kappa shape index (κ2) is 15.8. The Bertz CT molecular complexity index is 673. The van der Waals surface area contributed by atoms with Crippen LogP contribution in [0.1, 0.15) is 46.1 Å². The van der Waals surface area contributed by atoms with Crippen molar-refractivity contribution < 1.29 is 28.1 Å². The molecule has 194 valence electrons. The van der Waals surface area contributed by atoms with Crippen LogP contribution in [0.3, 0.4) is 0 Å². The van der Waals surface area contributed by atoms with Crippen molar-refractivity contribution in [1.82, 2.24) is 0 Å². The zero-order chi connectivity index (χ0) is 24.8. The van der Waals surface area contributed by atoms with Gasteiger partial charge in [0.15, 0.2) is 8.32 Å². The van der Waals surface area contributed by atoms with Gasteiger partial charge < -0.3 is 28.1 Å². The summed E-state index contributed by atoms with van der Waals surface area (Å²) in [6.45, 7) is 10.0. The highest BCUT2D eigenvalue weighted by molar-refractivity contribution is 6.73. The summed E-state index contributed by atoms with van der Waals surface area (Å²) in [4.78, 5) is 0. The molecule has 1 saturated heterocycles. The van der Waals surface area contributed by atoms with Crippen molar-refractivity contribution in [2.75, 3.05) is 27.6 Å². The molecule has 7 heteroatoms. The average Bonchev–Trinajstić information content (AvgIpc) is 2.87. The number of hydrogen-bond donors (Lipinski definition) is 0. The van der Waals surface area contributed by atoms with Gasteiger partial charge in [0, 0.05) is 14.2 Å². The van der Waals surface area contributed by atoms with Crippen molar-refractivity contribution in [3.05, 3.63) is 48.0 Å². The molecule has 0 spiro atoms. The summed E-state index contributed by atoms with van der Waals surface area (Å²) >= 11 is 0. The Balaban J connectivity index is 2.29. The van der Waals surface area contributed by atoms with Crippen LogP contribution in [0.5, 0.6) is 0 Å². The van der Waals surface area contributed by atoms with Gasteiger partial charge in [0.25, 0.3) is 0 Å². The highest BCUT2D eigenvalue weighted by Crippen LogP contribution is 2.34. The lowest BCUT2D eigenvalue weighted by molar-refractivity contribution is -0.258. The van der Waals surface area contributed by atoms with Crippen molar-refractivity contribution in [2.45, 2.75) is 95.8 Å². The molecule has 1 heterocycles. The molecule has 0 saturated carbocycles. The first-order valence-electron chi connectivity index (χ1n) is 12.8. The van der Waals surface area contributed by atoms with Gasteiger partial charge in [-0.05, 0) is 36.5 Å². The minimum absolute atomic E-state index is 0.169. The maximum atomic E-state index is 7.04. The molecule has 34 heavy (non-hydrogen) atoms. The van der Waals surface area contributed by atoms with E-state index < -0.39 is 8.32 Å². The molecule has 2 rings (SSSR count). The maximum absolute atomic E-state index is 7.04. The van der Waals surface area contributed by atoms with Crippen LogP contribution < -0.4 is 0 Å². The lowest BCUT2D eigenvalue weighted by Gasteiger charge is -2.48. The molecule has 1 aromatic rings. The van der Waals surface area contributed by atoms with Gasteiger partial charge in [0.2, 0.25) is 0 Å². The number of ether oxygens (including phenoxy) is 5. The van der Waals surface area contributed by atoms with E-state index in [0.717, 1.165) is 36.5 Å². The first-order chi connectivity index (χ1) is 16.6. The van der Waals surface area contributed by atoms with Gasteiger partial charge in [-0.25, -0.2) is 0 Å². The zero-order valence-corrected chi connectivity index (χ0v) is 23.0. The fourth-order valence-corrected chi connectivity index (χ4v) is 7.48. The molecule has 1 aliphatic heterocycles. The van der Waals surface area contributed by atoms with Crippen molar-refractivity contribution in [1.29, 1.82) is 0 Å². The predicted molar refractivity (Wildman–Crippen MR) is 138 cm³/mol. The summed E-state index contributed by atoms with van der Waals surface area (Å²) in [5.74, 6) is 0. The van der Waals surface area contributed by atoms with Gasteiger partial charge in [-0.15, -0.1) is 0 Å². The molecule has 0 N–H and O–H groups in total. The van der Waals surface area contributed by atoms with Crippen molar-refractivity contribution in [3.8, 4) is 0 Å².